The number of hydrogen-bond donors (Lipinski definition) is 1. The third-order valence-corrected chi connectivity index (χ3v) is 4.08. The van der Waals surface area contributed by atoms with Crippen LogP contribution in [0.1, 0.15) is 90.2 Å². The minimum absolute atomic E-state index is 0.615. The second-order valence-electron chi connectivity index (χ2n) is 6.08. The van der Waals surface area contributed by atoms with E-state index in [0.29, 0.717) is 5.82 Å². The first-order chi connectivity index (χ1) is 10.3. The lowest BCUT2D eigenvalue weighted by atomic mass is 10.1. The number of unbranched alkanes of at least 4 members (excludes halogenated alkanes) is 9. The molecule has 0 fully saturated rings. The van der Waals surface area contributed by atoms with E-state index in [-0.39, 0.29) is 0 Å². The molecule has 0 bridgehead atoms. The maximum atomic E-state index is 5.85. The van der Waals surface area contributed by atoms with Gasteiger partial charge in [0.1, 0.15) is 0 Å². The molecule has 0 saturated heterocycles. The minimum Gasteiger partial charge on any atom is -0.381 e. The van der Waals surface area contributed by atoms with E-state index in [1.165, 1.54) is 64.2 Å². The third kappa shape index (κ3) is 7.49. The van der Waals surface area contributed by atoms with Gasteiger partial charge >= 0.3 is 0 Å². The topological polar surface area (TPSA) is 56.7 Å². The van der Waals surface area contributed by atoms with Gasteiger partial charge in [-0.1, -0.05) is 83.3 Å². The highest BCUT2D eigenvalue weighted by molar-refractivity contribution is 5.32. The Morgan fingerprint density at radius 1 is 0.810 bits per heavy atom. The van der Waals surface area contributed by atoms with Gasteiger partial charge in [0, 0.05) is 6.54 Å². The highest BCUT2D eigenvalue weighted by atomic mass is 15.4. The first kappa shape index (κ1) is 18.0. The summed E-state index contributed by atoms with van der Waals surface area (Å²) in [6.07, 6.45) is 15.7. The van der Waals surface area contributed by atoms with E-state index in [1.807, 2.05) is 4.68 Å². The van der Waals surface area contributed by atoms with Gasteiger partial charge in [-0.05, 0) is 12.8 Å². The van der Waals surface area contributed by atoms with Crippen molar-refractivity contribution in [3.05, 3.63) is 5.69 Å². The maximum Gasteiger partial charge on any atom is 0.169 e. The molecule has 0 atom stereocenters. The van der Waals surface area contributed by atoms with Crippen LogP contribution in [0.25, 0.3) is 0 Å². The molecule has 4 heteroatoms. The molecule has 1 aromatic rings. The SMILES string of the molecule is CCCCCCCCCCCCn1nnc(N)c1CCC. The number of nitrogens with two attached hydrogens (primary N) is 1. The van der Waals surface area contributed by atoms with Crippen molar-refractivity contribution in [2.45, 2.75) is 97.4 Å². The van der Waals surface area contributed by atoms with Gasteiger partial charge in [0.2, 0.25) is 0 Å². The quantitative estimate of drug-likeness (QED) is 0.535. The van der Waals surface area contributed by atoms with Crippen molar-refractivity contribution in [3.63, 3.8) is 0 Å². The highest BCUT2D eigenvalue weighted by Gasteiger charge is 2.08. The molecule has 0 aliphatic carbocycles. The Hall–Kier alpha value is -1.06. The molecule has 0 radical (unpaired) electrons. The zero-order valence-electron chi connectivity index (χ0n) is 14.1. The summed E-state index contributed by atoms with van der Waals surface area (Å²) in [5.74, 6) is 0.615. The van der Waals surface area contributed by atoms with Crippen molar-refractivity contribution >= 4 is 5.82 Å². The molecule has 2 N–H and O–H groups in total. The second kappa shape index (κ2) is 11.6. The van der Waals surface area contributed by atoms with Gasteiger partial charge in [-0.25, -0.2) is 4.68 Å². The Bertz CT molecular complexity index is 360. The summed E-state index contributed by atoms with van der Waals surface area (Å²) in [5.41, 5.74) is 6.97. The molecule has 0 aliphatic heterocycles. The summed E-state index contributed by atoms with van der Waals surface area (Å²) in [6, 6.07) is 0. The van der Waals surface area contributed by atoms with Crippen LogP contribution in [0.3, 0.4) is 0 Å². The average Bonchev–Trinajstić information content (AvgIpc) is 2.83. The van der Waals surface area contributed by atoms with Gasteiger partial charge < -0.3 is 5.73 Å². The molecule has 1 aromatic heterocycles. The molecular weight excluding hydrogens is 260 g/mol. The third-order valence-electron chi connectivity index (χ3n) is 4.08. The number of rotatable bonds is 13. The van der Waals surface area contributed by atoms with Crippen LogP contribution in [0.5, 0.6) is 0 Å². The largest absolute Gasteiger partial charge is 0.381 e. The maximum absolute atomic E-state index is 5.85. The van der Waals surface area contributed by atoms with Gasteiger partial charge in [0.25, 0.3) is 0 Å². The number of nitrogens with zero attached hydrogens (tertiary/aromatic N) is 3. The van der Waals surface area contributed by atoms with Crippen molar-refractivity contribution in [1.82, 2.24) is 15.0 Å². The normalized spacial score (nSPS) is 11.1. The summed E-state index contributed by atoms with van der Waals surface area (Å²) in [4.78, 5) is 0. The van der Waals surface area contributed by atoms with E-state index in [1.54, 1.807) is 0 Å². The van der Waals surface area contributed by atoms with Crippen molar-refractivity contribution in [2.75, 3.05) is 5.73 Å². The lowest BCUT2D eigenvalue weighted by Gasteiger charge is -2.06. The molecule has 21 heavy (non-hydrogen) atoms. The molecule has 0 amide bonds. The number of aromatic nitrogens is 3. The van der Waals surface area contributed by atoms with Crippen molar-refractivity contribution in [2.24, 2.45) is 0 Å². The minimum atomic E-state index is 0.615. The van der Waals surface area contributed by atoms with E-state index in [4.69, 9.17) is 5.73 Å². The van der Waals surface area contributed by atoms with E-state index in [2.05, 4.69) is 24.2 Å². The molecule has 4 nitrogen and oxygen atoms in total. The molecular formula is C17H34N4. The first-order valence-electron chi connectivity index (χ1n) is 8.97. The Kier molecular flexibility index (Phi) is 9.92. The predicted molar refractivity (Wildman–Crippen MR) is 90.3 cm³/mol. The zero-order valence-corrected chi connectivity index (χ0v) is 14.1. The summed E-state index contributed by atoms with van der Waals surface area (Å²) < 4.78 is 2.00. The molecule has 1 rings (SSSR count). The van der Waals surface area contributed by atoms with Crippen LogP contribution in [0.15, 0.2) is 0 Å². The van der Waals surface area contributed by atoms with Gasteiger partial charge in [0.05, 0.1) is 5.69 Å². The number of nitrogen functional groups attached to an aromatic ring is 1. The Morgan fingerprint density at radius 3 is 1.95 bits per heavy atom. The van der Waals surface area contributed by atoms with Crippen LogP contribution < -0.4 is 5.73 Å². The Morgan fingerprint density at radius 2 is 1.38 bits per heavy atom. The molecule has 0 saturated carbocycles. The zero-order chi connectivity index (χ0) is 15.3. The lowest BCUT2D eigenvalue weighted by Crippen LogP contribution is -2.06. The fourth-order valence-electron chi connectivity index (χ4n) is 2.77. The Balaban J connectivity index is 2.02. The number of anilines is 1. The lowest BCUT2D eigenvalue weighted by molar-refractivity contribution is 0.496. The van der Waals surface area contributed by atoms with Crippen LogP contribution in [0, 0.1) is 0 Å². The second-order valence-corrected chi connectivity index (χ2v) is 6.08. The van der Waals surface area contributed by atoms with Crippen LogP contribution >= 0.6 is 0 Å². The molecule has 0 aliphatic rings. The van der Waals surface area contributed by atoms with Crippen LogP contribution in [-0.4, -0.2) is 15.0 Å². The molecule has 0 unspecified atom stereocenters. The van der Waals surface area contributed by atoms with E-state index >= 15 is 0 Å². The smallest absolute Gasteiger partial charge is 0.169 e. The van der Waals surface area contributed by atoms with E-state index in [0.717, 1.165) is 25.1 Å². The van der Waals surface area contributed by atoms with E-state index in [9.17, 15) is 0 Å². The predicted octanol–water partition coefficient (Wildman–Crippen LogP) is 4.73. The van der Waals surface area contributed by atoms with Gasteiger partial charge in [-0.15, -0.1) is 5.10 Å². The first-order valence-corrected chi connectivity index (χ1v) is 8.97. The van der Waals surface area contributed by atoms with Crippen molar-refractivity contribution < 1.29 is 0 Å². The van der Waals surface area contributed by atoms with Crippen molar-refractivity contribution in [1.29, 1.82) is 0 Å². The highest BCUT2D eigenvalue weighted by Crippen LogP contribution is 2.13. The summed E-state index contributed by atoms with van der Waals surface area (Å²) in [7, 11) is 0. The van der Waals surface area contributed by atoms with Crippen LogP contribution in [0.4, 0.5) is 5.82 Å². The fourth-order valence-corrected chi connectivity index (χ4v) is 2.77. The standard InChI is InChI=1S/C17H34N4/c1-3-5-6-7-8-9-10-11-12-13-15-21-16(14-4-2)17(18)19-20-21/h3-15,18H2,1-2H3. The van der Waals surface area contributed by atoms with Gasteiger partial charge in [-0.3, -0.25) is 0 Å². The molecule has 0 spiro atoms. The summed E-state index contributed by atoms with van der Waals surface area (Å²) in [6.45, 7) is 5.40. The number of hydrogen-bond acceptors (Lipinski definition) is 3. The van der Waals surface area contributed by atoms with E-state index < -0.39 is 0 Å². The Labute approximate surface area is 130 Å². The average molecular weight is 294 g/mol. The fraction of sp³-hybridized carbons (Fsp3) is 0.882. The van der Waals surface area contributed by atoms with Crippen LogP contribution in [0.2, 0.25) is 0 Å². The molecule has 122 valence electrons. The monoisotopic (exact) mass is 294 g/mol. The van der Waals surface area contributed by atoms with Gasteiger partial charge in [0.15, 0.2) is 5.82 Å². The van der Waals surface area contributed by atoms with Gasteiger partial charge in [-0.2, -0.15) is 0 Å². The van der Waals surface area contributed by atoms with Crippen molar-refractivity contribution in [3.8, 4) is 0 Å². The summed E-state index contributed by atoms with van der Waals surface area (Å²) in [5, 5.41) is 8.14. The number of aryl methyl sites for hydroxylation is 1. The molecule has 0 aromatic carbocycles. The van der Waals surface area contributed by atoms with Crippen LogP contribution in [-0.2, 0) is 13.0 Å². The summed E-state index contributed by atoms with van der Waals surface area (Å²) >= 11 is 0. The molecule has 1 heterocycles.